The molecule has 130 valence electrons. The van der Waals surface area contributed by atoms with Crippen molar-refractivity contribution in [1.82, 2.24) is 20.1 Å². The lowest BCUT2D eigenvalue weighted by atomic mass is 10.2. The smallest absolute Gasteiger partial charge is 0.254 e. The van der Waals surface area contributed by atoms with Gasteiger partial charge in [-0.05, 0) is 31.2 Å². The molecule has 0 spiro atoms. The van der Waals surface area contributed by atoms with Gasteiger partial charge in [-0.1, -0.05) is 11.6 Å². The summed E-state index contributed by atoms with van der Waals surface area (Å²) in [5.74, 6) is -0.664. The van der Waals surface area contributed by atoms with Gasteiger partial charge in [0.1, 0.15) is 5.82 Å². The molecule has 1 amide bonds. The number of methoxy groups -OCH3 is 1. The fourth-order valence-corrected chi connectivity index (χ4v) is 2.85. The molecule has 6 nitrogen and oxygen atoms in total. The Morgan fingerprint density at radius 3 is 2.76 bits per heavy atom. The topological polar surface area (TPSA) is 69.0 Å². The van der Waals surface area contributed by atoms with Gasteiger partial charge in [-0.25, -0.2) is 14.1 Å². The maximum atomic E-state index is 13.1. The number of nitrogens with zero attached hydrogens (tertiary/aromatic N) is 3. The first-order chi connectivity index (χ1) is 12.0. The van der Waals surface area contributed by atoms with Crippen molar-refractivity contribution >= 4 is 28.5 Å². The lowest BCUT2D eigenvalue weighted by molar-refractivity contribution is 0.0937. The number of carbonyl (C=O) groups is 1. The van der Waals surface area contributed by atoms with Gasteiger partial charge in [0.2, 0.25) is 0 Å². The minimum absolute atomic E-state index is 0.270. The molecular formula is C17H16ClFN4O2. The number of rotatable bonds is 5. The number of benzene rings is 1. The molecule has 0 bridgehead atoms. The number of aromatic nitrogens is 3. The van der Waals surface area contributed by atoms with Crippen molar-refractivity contribution in [3.8, 4) is 5.69 Å². The molecule has 3 rings (SSSR count). The first kappa shape index (κ1) is 17.3. The Morgan fingerprint density at radius 1 is 1.36 bits per heavy atom. The second-order valence-corrected chi connectivity index (χ2v) is 5.78. The number of fused-ring (bicyclic) bond motifs is 1. The Hall–Kier alpha value is -2.51. The molecule has 2 heterocycles. The minimum Gasteiger partial charge on any atom is -0.383 e. The number of ether oxygens (including phenoxy) is 1. The quantitative estimate of drug-likeness (QED) is 0.708. The summed E-state index contributed by atoms with van der Waals surface area (Å²) in [6.45, 7) is 2.56. The minimum atomic E-state index is -0.335. The van der Waals surface area contributed by atoms with Crippen LogP contribution in [0.15, 0.2) is 30.5 Å². The predicted molar refractivity (Wildman–Crippen MR) is 92.8 cm³/mol. The second-order valence-electron chi connectivity index (χ2n) is 5.41. The molecule has 0 saturated heterocycles. The van der Waals surface area contributed by atoms with Crippen LogP contribution in [0.3, 0.4) is 0 Å². The standard InChI is InChI=1S/C17H16ClFN4O2/c1-10-14-15(18)13(17(24)20-7-8-25-2)9-21-16(14)23(22-10)12-5-3-11(19)4-6-12/h3-6,9H,7-8H2,1-2H3,(H,20,24). The first-order valence-electron chi connectivity index (χ1n) is 7.60. The van der Waals surface area contributed by atoms with Crippen molar-refractivity contribution in [3.63, 3.8) is 0 Å². The van der Waals surface area contributed by atoms with Crippen LogP contribution in [0.5, 0.6) is 0 Å². The largest absolute Gasteiger partial charge is 0.383 e. The molecule has 0 aliphatic heterocycles. The monoisotopic (exact) mass is 362 g/mol. The van der Waals surface area contributed by atoms with Gasteiger partial charge in [0.05, 0.1) is 34.0 Å². The molecule has 1 aromatic carbocycles. The van der Waals surface area contributed by atoms with Crippen molar-refractivity contribution < 1.29 is 13.9 Å². The molecule has 0 unspecified atom stereocenters. The van der Waals surface area contributed by atoms with Crippen LogP contribution in [0, 0.1) is 12.7 Å². The van der Waals surface area contributed by atoms with Crippen LogP contribution in [0.4, 0.5) is 4.39 Å². The van der Waals surface area contributed by atoms with Gasteiger partial charge in [0.25, 0.3) is 5.91 Å². The van der Waals surface area contributed by atoms with E-state index in [9.17, 15) is 9.18 Å². The van der Waals surface area contributed by atoms with E-state index in [1.807, 2.05) is 0 Å². The fourth-order valence-electron chi connectivity index (χ4n) is 2.49. The van der Waals surface area contributed by atoms with Crippen molar-refractivity contribution in [2.45, 2.75) is 6.92 Å². The number of halogens is 2. The van der Waals surface area contributed by atoms with Gasteiger partial charge in [-0.2, -0.15) is 5.10 Å². The van der Waals surface area contributed by atoms with Gasteiger partial charge >= 0.3 is 0 Å². The summed E-state index contributed by atoms with van der Waals surface area (Å²) in [5, 5.41) is 8.01. The number of hydrogen-bond donors (Lipinski definition) is 1. The second kappa shape index (κ2) is 7.16. The summed E-state index contributed by atoms with van der Waals surface area (Å²) < 4.78 is 19.6. The van der Waals surface area contributed by atoms with E-state index in [0.29, 0.717) is 35.6 Å². The Morgan fingerprint density at radius 2 is 2.08 bits per heavy atom. The normalized spacial score (nSPS) is 11.0. The average Bonchev–Trinajstić information content (AvgIpc) is 2.93. The number of nitrogens with one attached hydrogen (secondary N) is 1. The van der Waals surface area contributed by atoms with Crippen LogP contribution in [-0.2, 0) is 4.74 Å². The van der Waals surface area contributed by atoms with E-state index in [0.717, 1.165) is 0 Å². The third-order valence-electron chi connectivity index (χ3n) is 3.72. The van der Waals surface area contributed by atoms with Gasteiger partial charge in [-0.15, -0.1) is 0 Å². The maximum absolute atomic E-state index is 13.1. The van der Waals surface area contributed by atoms with E-state index in [2.05, 4.69) is 15.4 Å². The van der Waals surface area contributed by atoms with Gasteiger partial charge in [0.15, 0.2) is 5.65 Å². The van der Waals surface area contributed by atoms with Gasteiger partial charge in [0, 0.05) is 19.9 Å². The van der Waals surface area contributed by atoms with E-state index in [4.69, 9.17) is 16.3 Å². The summed E-state index contributed by atoms with van der Waals surface area (Å²) in [5.41, 5.74) is 2.05. The number of aryl methyl sites for hydroxylation is 1. The van der Waals surface area contributed by atoms with Crippen molar-refractivity contribution in [2.75, 3.05) is 20.3 Å². The van der Waals surface area contributed by atoms with Crippen molar-refractivity contribution in [3.05, 3.63) is 52.6 Å². The average molecular weight is 363 g/mol. The molecule has 25 heavy (non-hydrogen) atoms. The van der Waals surface area contributed by atoms with E-state index < -0.39 is 0 Å². The SMILES string of the molecule is COCCNC(=O)c1cnc2c(c(C)nn2-c2ccc(F)cc2)c1Cl. The molecule has 0 aliphatic rings. The Kier molecular flexibility index (Phi) is 4.96. The molecule has 8 heteroatoms. The summed E-state index contributed by atoms with van der Waals surface area (Å²) >= 11 is 6.44. The maximum Gasteiger partial charge on any atom is 0.254 e. The molecular weight excluding hydrogens is 347 g/mol. The number of carbonyl (C=O) groups excluding carboxylic acids is 1. The number of hydrogen-bond acceptors (Lipinski definition) is 4. The number of amides is 1. The third-order valence-corrected chi connectivity index (χ3v) is 4.11. The Bertz CT molecular complexity index is 925. The van der Waals surface area contributed by atoms with Crippen molar-refractivity contribution in [1.29, 1.82) is 0 Å². The molecule has 3 aromatic rings. The summed E-state index contributed by atoms with van der Waals surface area (Å²) in [6.07, 6.45) is 1.41. The highest BCUT2D eigenvalue weighted by Crippen LogP contribution is 2.29. The van der Waals surface area contributed by atoms with Crippen LogP contribution in [0.1, 0.15) is 16.1 Å². The third kappa shape index (κ3) is 3.33. The zero-order valence-corrected chi connectivity index (χ0v) is 14.5. The van der Waals surface area contributed by atoms with Gasteiger partial charge < -0.3 is 10.1 Å². The highest BCUT2D eigenvalue weighted by atomic mass is 35.5. The lowest BCUT2D eigenvalue weighted by Crippen LogP contribution is -2.27. The first-order valence-corrected chi connectivity index (χ1v) is 7.97. The van der Waals surface area contributed by atoms with Gasteiger partial charge in [-0.3, -0.25) is 4.79 Å². The van der Waals surface area contributed by atoms with Crippen LogP contribution in [0.2, 0.25) is 5.02 Å². The molecule has 0 atom stereocenters. The lowest BCUT2D eigenvalue weighted by Gasteiger charge is -2.07. The molecule has 1 N–H and O–H groups in total. The van der Waals surface area contributed by atoms with Crippen LogP contribution < -0.4 is 5.32 Å². The molecule has 2 aromatic heterocycles. The van der Waals surface area contributed by atoms with E-state index in [-0.39, 0.29) is 22.3 Å². The zero-order valence-electron chi connectivity index (χ0n) is 13.7. The Balaban J connectivity index is 2.04. The molecule has 0 aliphatic carbocycles. The molecule has 0 radical (unpaired) electrons. The van der Waals surface area contributed by atoms with Crippen LogP contribution >= 0.6 is 11.6 Å². The van der Waals surface area contributed by atoms with E-state index in [1.54, 1.807) is 30.8 Å². The molecule has 0 saturated carbocycles. The van der Waals surface area contributed by atoms with Crippen LogP contribution in [0.25, 0.3) is 16.7 Å². The summed E-state index contributed by atoms with van der Waals surface area (Å²) in [6, 6.07) is 5.89. The fraction of sp³-hybridized carbons (Fsp3) is 0.235. The Labute approximate surface area is 148 Å². The van der Waals surface area contributed by atoms with Crippen LogP contribution in [-0.4, -0.2) is 40.9 Å². The highest BCUT2D eigenvalue weighted by molar-refractivity contribution is 6.38. The summed E-state index contributed by atoms with van der Waals surface area (Å²) in [7, 11) is 1.56. The highest BCUT2D eigenvalue weighted by Gasteiger charge is 2.19. The summed E-state index contributed by atoms with van der Waals surface area (Å²) in [4.78, 5) is 16.6. The zero-order chi connectivity index (χ0) is 18.0. The van der Waals surface area contributed by atoms with Crippen molar-refractivity contribution in [2.24, 2.45) is 0 Å². The predicted octanol–water partition coefficient (Wildman–Crippen LogP) is 2.90. The van der Waals surface area contributed by atoms with E-state index >= 15 is 0 Å². The number of pyridine rings is 1. The van der Waals surface area contributed by atoms with E-state index in [1.165, 1.54) is 18.3 Å². The molecule has 0 fully saturated rings.